The molecule has 1 unspecified atom stereocenters. The molecule has 1 rings (SSSR count). The molecule has 0 aliphatic heterocycles. The van der Waals surface area contributed by atoms with Crippen LogP contribution in [0.5, 0.6) is 0 Å². The molecule has 0 aromatic heterocycles. The molecule has 1 aliphatic carbocycles. The maximum Gasteiger partial charge on any atom is 0.410 e. The predicted molar refractivity (Wildman–Crippen MR) is 72.5 cm³/mol. The lowest BCUT2D eigenvalue weighted by atomic mass is 10.2. The van der Waals surface area contributed by atoms with Gasteiger partial charge in [0.15, 0.2) is 0 Å². The highest BCUT2D eigenvalue weighted by Gasteiger charge is 2.34. The van der Waals surface area contributed by atoms with Gasteiger partial charge in [0.25, 0.3) is 0 Å². The standard InChI is InChI=1S/C13H27N3O2/c1-10(9-14)15-7-8-16(11-5-6-11)12(17)18-13(2,3)4/h10-11,15H,5-9,14H2,1-4H3. The van der Waals surface area contributed by atoms with Crippen LogP contribution in [0.1, 0.15) is 40.5 Å². The molecule has 18 heavy (non-hydrogen) atoms. The van der Waals surface area contributed by atoms with Crippen LogP contribution in [0, 0.1) is 0 Å². The van der Waals surface area contributed by atoms with Crippen molar-refractivity contribution < 1.29 is 9.53 Å². The van der Waals surface area contributed by atoms with E-state index in [1.807, 2.05) is 32.6 Å². The van der Waals surface area contributed by atoms with Crippen molar-refractivity contribution in [1.29, 1.82) is 0 Å². The van der Waals surface area contributed by atoms with Gasteiger partial charge in [-0.2, -0.15) is 0 Å². The van der Waals surface area contributed by atoms with Crippen LogP contribution in [0.15, 0.2) is 0 Å². The largest absolute Gasteiger partial charge is 0.444 e. The molecule has 1 atom stereocenters. The first-order valence-electron chi connectivity index (χ1n) is 6.76. The topological polar surface area (TPSA) is 67.6 Å². The van der Waals surface area contributed by atoms with E-state index in [2.05, 4.69) is 5.32 Å². The molecule has 0 aromatic carbocycles. The Bertz CT molecular complexity index is 272. The Morgan fingerprint density at radius 1 is 1.50 bits per heavy atom. The zero-order valence-electron chi connectivity index (χ0n) is 12.0. The summed E-state index contributed by atoms with van der Waals surface area (Å²) in [7, 11) is 0. The molecular weight excluding hydrogens is 230 g/mol. The number of nitrogens with two attached hydrogens (primary N) is 1. The summed E-state index contributed by atoms with van der Waals surface area (Å²) in [6.07, 6.45) is 1.98. The van der Waals surface area contributed by atoms with Crippen molar-refractivity contribution >= 4 is 6.09 Å². The van der Waals surface area contributed by atoms with E-state index in [0.29, 0.717) is 19.1 Å². The lowest BCUT2D eigenvalue weighted by Crippen LogP contribution is -2.44. The fourth-order valence-corrected chi connectivity index (χ4v) is 1.64. The van der Waals surface area contributed by atoms with E-state index in [1.54, 1.807) is 0 Å². The third kappa shape index (κ3) is 5.69. The van der Waals surface area contributed by atoms with E-state index >= 15 is 0 Å². The molecule has 1 fully saturated rings. The van der Waals surface area contributed by atoms with Gasteiger partial charge in [0.2, 0.25) is 0 Å². The number of rotatable bonds is 6. The van der Waals surface area contributed by atoms with E-state index in [0.717, 1.165) is 19.4 Å². The minimum absolute atomic E-state index is 0.202. The highest BCUT2D eigenvalue weighted by atomic mass is 16.6. The first kappa shape index (κ1) is 15.2. The molecule has 5 nitrogen and oxygen atoms in total. The summed E-state index contributed by atoms with van der Waals surface area (Å²) in [6, 6.07) is 0.652. The van der Waals surface area contributed by atoms with Crippen molar-refractivity contribution in [2.75, 3.05) is 19.6 Å². The first-order valence-corrected chi connectivity index (χ1v) is 6.76. The average Bonchev–Trinajstić information content (AvgIpc) is 3.05. The highest BCUT2D eigenvalue weighted by Crippen LogP contribution is 2.27. The number of hydrogen-bond donors (Lipinski definition) is 2. The Morgan fingerprint density at radius 2 is 2.11 bits per heavy atom. The second kappa shape index (κ2) is 6.38. The fraction of sp³-hybridized carbons (Fsp3) is 0.923. The number of amides is 1. The molecular formula is C13H27N3O2. The van der Waals surface area contributed by atoms with E-state index in [1.165, 1.54) is 0 Å². The molecule has 1 aliphatic rings. The summed E-state index contributed by atoms with van der Waals surface area (Å²) in [5.74, 6) is 0. The Balaban J connectivity index is 2.38. The number of nitrogens with one attached hydrogen (secondary N) is 1. The van der Waals surface area contributed by atoms with E-state index in [-0.39, 0.29) is 12.1 Å². The van der Waals surface area contributed by atoms with Crippen LogP contribution in [-0.4, -0.2) is 48.3 Å². The van der Waals surface area contributed by atoms with Gasteiger partial charge in [-0.3, -0.25) is 0 Å². The third-order valence-corrected chi connectivity index (χ3v) is 2.81. The number of carbonyl (C=O) groups excluding carboxylic acids is 1. The van der Waals surface area contributed by atoms with Gasteiger partial charge in [-0.25, -0.2) is 4.79 Å². The van der Waals surface area contributed by atoms with Crippen LogP contribution >= 0.6 is 0 Å². The molecule has 1 saturated carbocycles. The van der Waals surface area contributed by atoms with Crippen molar-refractivity contribution in [1.82, 2.24) is 10.2 Å². The Morgan fingerprint density at radius 3 is 2.56 bits per heavy atom. The second-order valence-electron chi connectivity index (χ2n) is 6.00. The molecule has 0 spiro atoms. The molecule has 1 amide bonds. The fourth-order valence-electron chi connectivity index (χ4n) is 1.64. The van der Waals surface area contributed by atoms with Gasteiger partial charge >= 0.3 is 6.09 Å². The highest BCUT2D eigenvalue weighted by molar-refractivity contribution is 5.69. The average molecular weight is 257 g/mol. The number of carbonyl (C=O) groups is 1. The molecule has 0 radical (unpaired) electrons. The van der Waals surface area contributed by atoms with Crippen LogP contribution in [-0.2, 0) is 4.74 Å². The zero-order chi connectivity index (χ0) is 13.8. The third-order valence-electron chi connectivity index (χ3n) is 2.81. The Labute approximate surface area is 110 Å². The van der Waals surface area contributed by atoms with E-state index < -0.39 is 5.60 Å². The van der Waals surface area contributed by atoms with E-state index in [4.69, 9.17) is 10.5 Å². The summed E-state index contributed by atoms with van der Waals surface area (Å²) in [6.45, 7) is 9.77. The summed E-state index contributed by atoms with van der Waals surface area (Å²) < 4.78 is 5.42. The Hall–Kier alpha value is -0.810. The monoisotopic (exact) mass is 257 g/mol. The minimum atomic E-state index is -0.428. The second-order valence-corrected chi connectivity index (χ2v) is 6.00. The zero-order valence-corrected chi connectivity index (χ0v) is 12.0. The van der Waals surface area contributed by atoms with Crippen molar-refractivity contribution in [3.8, 4) is 0 Å². The molecule has 3 N–H and O–H groups in total. The molecule has 0 aromatic rings. The van der Waals surface area contributed by atoms with Crippen molar-refractivity contribution in [2.45, 2.75) is 58.2 Å². The van der Waals surface area contributed by atoms with Gasteiger partial charge < -0.3 is 20.7 Å². The summed E-state index contributed by atoms with van der Waals surface area (Å²) in [5, 5.41) is 3.29. The molecule has 0 bridgehead atoms. The summed E-state index contributed by atoms with van der Waals surface area (Å²) in [4.78, 5) is 13.9. The van der Waals surface area contributed by atoms with Crippen molar-refractivity contribution in [3.05, 3.63) is 0 Å². The van der Waals surface area contributed by atoms with Gasteiger partial charge in [0.05, 0.1) is 0 Å². The van der Waals surface area contributed by atoms with Crippen LogP contribution in [0.4, 0.5) is 4.79 Å². The maximum absolute atomic E-state index is 12.0. The van der Waals surface area contributed by atoms with Gasteiger partial charge in [0.1, 0.15) is 5.60 Å². The maximum atomic E-state index is 12.0. The van der Waals surface area contributed by atoms with Gasteiger partial charge in [-0.1, -0.05) is 0 Å². The van der Waals surface area contributed by atoms with Crippen LogP contribution in [0.3, 0.4) is 0 Å². The van der Waals surface area contributed by atoms with Crippen LogP contribution in [0.25, 0.3) is 0 Å². The van der Waals surface area contributed by atoms with Gasteiger partial charge in [0, 0.05) is 31.7 Å². The van der Waals surface area contributed by atoms with Crippen LogP contribution in [0.2, 0.25) is 0 Å². The first-order chi connectivity index (χ1) is 8.33. The lowest BCUT2D eigenvalue weighted by Gasteiger charge is -2.27. The predicted octanol–water partition coefficient (Wildman–Crippen LogP) is 1.32. The summed E-state index contributed by atoms with van der Waals surface area (Å²) >= 11 is 0. The summed E-state index contributed by atoms with van der Waals surface area (Å²) in [5.41, 5.74) is 5.11. The molecule has 0 saturated heterocycles. The number of hydrogen-bond acceptors (Lipinski definition) is 4. The molecule has 0 heterocycles. The number of ether oxygens (including phenoxy) is 1. The molecule has 5 heteroatoms. The van der Waals surface area contributed by atoms with E-state index in [9.17, 15) is 4.79 Å². The quantitative estimate of drug-likeness (QED) is 0.753. The number of nitrogens with zero attached hydrogens (tertiary/aromatic N) is 1. The van der Waals surface area contributed by atoms with Crippen LogP contribution < -0.4 is 11.1 Å². The lowest BCUT2D eigenvalue weighted by molar-refractivity contribution is 0.0235. The van der Waals surface area contributed by atoms with Gasteiger partial charge in [-0.05, 0) is 40.5 Å². The van der Waals surface area contributed by atoms with Gasteiger partial charge in [-0.15, -0.1) is 0 Å². The normalized spacial score (nSPS) is 17.4. The van der Waals surface area contributed by atoms with Crippen molar-refractivity contribution in [2.24, 2.45) is 5.73 Å². The molecule has 106 valence electrons. The minimum Gasteiger partial charge on any atom is -0.444 e. The smallest absolute Gasteiger partial charge is 0.410 e. The Kier molecular flexibility index (Phi) is 5.41. The SMILES string of the molecule is CC(CN)NCCN(C(=O)OC(C)(C)C)C1CC1. The van der Waals surface area contributed by atoms with Crippen molar-refractivity contribution in [3.63, 3.8) is 0 Å².